The van der Waals surface area contributed by atoms with Crippen molar-refractivity contribution in [2.24, 2.45) is 0 Å². The molecule has 100 valence electrons. The summed E-state index contributed by atoms with van der Waals surface area (Å²) in [5.74, 6) is 0. The molecule has 1 saturated heterocycles. The Labute approximate surface area is 111 Å². The number of anilines is 1. The summed E-state index contributed by atoms with van der Waals surface area (Å²) in [6.07, 6.45) is 2.21. The summed E-state index contributed by atoms with van der Waals surface area (Å²) in [5.41, 5.74) is 0.789. The minimum atomic E-state index is -0.531. The smallest absolute Gasteiger partial charge is 0.287 e. The molecule has 0 radical (unpaired) electrons. The number of hydrogen-bond acceptors (Lipinski definition) is 5. The average Bonchev–Trinajstić information content (AvgIpc) is 2.46. The number of nitro benzene ring substituents is 1. The molecule has 0 saturated carbocycles. The second kappa shape index (κ2) is 5.67. The summed E-state index contributed by atoms with van der Waals surface area (Å²) in [4.78, 5) is 12.4. The lowest BCUT2D eigenvalue weighted by Gasteiger charge is -2.33. The summed E-state index contributed by atoms with van der Waals surface area (Å²) < 4.78 is 5.35. The fourth-order valence-corrected chi connectivity index (χ4v) is 2.33. The van der Waals surface area contributed by atoms with Crippen LogP contribution in [0, 0.1) is 21.4 Å². The lowest BCUT2D eigenvalue weighted by molar-refractivity contribution is -0.385. The minimum absolute atomic E-state index is 0.0991. The highest BCUT2D eigenvalue weighted by Gasteiger charge is 2.22. The number of nitro groups is 1. The topological polar surface area (TPSA) is 79.4 Å². The molecule has 1 atom stereocenters. The maximum atomic E-state index is 10.8. The van der Waals surface area contributed by atoms with E-state index in [-0.39, 0.29) is 17.4 Å². The Hall–Kier alpha value is -2.13. The van der Waals surface area contributed by atoms with Gasteiger partial charge in [0.05, 0.1) is 11.0 Å². The first-order chi connectivity index (χ1) is 9.15. The van der Waals surface area contributed by atoms with Crippen LogP contribution in [0.1, 0.15) is 18.4 Å². The monoisotopic (exact) mass is 261 g/mol. The first-order valence-electron chi connectivity index (χ1n) is 6.12. The first kappa shape index (κ1) is 13.3. The quantitative estimate of drug-likeness (QED) is 0.614. The highest BCUT2D eigenvalue weighted by atomic mass is 16.6. The van der Waals surface area contributed by atoms with E-state index in [2.05, 4.69) is 4.90 Å². The van der Waals surface area contributed by atoms with E-state index in [1.807, 2.05) is 6.07 Å². The second-order valence-electron chi connectivity index (χ2n) is 4.52. The third-order valence-corrected chi connectivity index (χ3v) is 3.37. The molecular formula is C13H15N3O3. The van der Waals surface area contributed by atoms with E-state index < -0.39 is 4.92 Å². The van der Waals surface area contributed by atoms with Gasteiger partial charge in [-0.1, -0.05) is 0 Å². The molecule has 1 aliphatic heterocycles. The number of nitriles is 1. The molecule has 2 rings (SSSR count). The van der Waals surface area contributed by atoms with Crippen LogP contribution in [-0.2, 0) is 4.74 Å². The molecule has 1 unspecified atom stereocenters. The summed E-state index contributed by atoms with van der Waals surface area (Å²) in [6, 6.07) is 6.55. The molecule has 1 fully saturated rings. The van der Waals surface area contributed by atoms with E-state index in [9.17, 15) is 10.1 Å². The zero-order valence-corrected chi connectivity index (χ0v) is 10.7. The molecule has 1 aliphatic rings. The molecule has 1 aromatic carbocycles. The Balaban J connectivity index is 2.26. The van der Waals surface area contributed by atoms with Gasteiger partial charge in [0.15, 0.2) is 0 Å². The molecule has 6 nitrogen and oxygen atoms in total. The van der Waals surface area contributed by atoms with Gasteiger partial charge in [0, 0.05) is 32.0 Å². The van der Waals surface area contributed by atoms with Crippen LogP contribution < -0.4 is 4.90 Å². The lowest BCUT2D eigenvalue weighted by Crippen LogP contribution is -2.39. The van der Waals surface area contributed by atoms with E-state index >= 15 is 0 Å². The van der Waals surface area contributed by atoms with Gasteiger partial charge in [0.2, 0.25) is 0 Å². The van der Waals surface area contributed by atoms with Crippen LogP contribution in [0.15, 0.2) is 18.2 Å². The summed E-state index contributed by atoms with van der Waals surface area (Å²) in [7, 11) is 1.69. The summed E-state index contributed by atoms with van der Waals surface area (Å²) in [5, 5.41) is 19.8. The second-order valence-corrected chi connectivity index (χ2v) is 4.52. The molecule has 0 aliphatic carbocycles. The van der Waals surface area contributed by atoms with Crippen LogP contribution in [0.2, 0.25) is 0 Å². The van der Waals surface area contributed by atoms with Crippen LogP contribution in [0.5, 0.6) is 0 Å². The van der Waals surface area contributed by atoms with E-state index in [0.29, 0.717) is 0 Å². The number of hydrogen-bond donors (Lipinski definition) is 0. The van der Waals surface area contributed by atoms with Gasteiger partial charge in [-0.15, -0.1) is 0 Å². The molecule has 6 heteroatoms. The van der Waals surface area contributed by atoms with Crippen molar-refractivity contribution >= 4 is 11.4 Å². The highest BCUT2D eigenvalue weighted by molar-refractivity contribution is 5.60. The fourth-order valence-electron chi connectivity index (χ4n) is 2.33. The van der Waals surface area contributed by atoms with Crippen molar-refractivity contribution in [1.29, 1.82) is 5.26 Å². The van der Waals surface area contributed by atoms with Gasteiger partial charge in [0.25, 0.3) is 5.69 Å². The first-order valence-corrected chi connectivity index (χ1v) is 6.12. The number of ether oxygens (including phenoxy) is 1. The van der Waals surface area contributed by atoms with Crippen LogP contribution in [0.3, 0.4) is 0 Å². The Morgan fingerprint density at radius 1 is 1.58 bits per heavy atom. The van der Waals surface area contributed by atoms with E-state index in [1.165, 1.54) is 6.07 Å². The third kappa shape index (κ3) is 2.83. The standard InChI is InChI=1S/C13H15N3O3/c1-19-12-3-2-6-15(9-12)11-4-5-13(16(17)18)10(7-11)8-14/h4-5,7,12H,2-3,6,9H2,1H3. The number of piperidine rings is 1. The van der Waals surface area contributed by atoms with Crippen molar-refractivity contribution in [3.63, 3.8) is 0 Å². The van der Waals surface area contributed by atoms with Crippen molar-refractivity contribution in [2.75, 3.05) is 25.1 Å². The van der Waals surface area contributed by atoms with Gasteiger partial charge < -0.3 is 9.64 Å². The van der Waals surface area contributed by atoms with Gasteiger partial charge in [-0.25, -0.2) is 0 Å². The average molecular weight is 261 g/mol. The van der Waals surface area contributed by atoms with E-state index in [1.54, 1.807) is 19.2 Å². The van der Waals surface area contributed by atoms with Crippen molar-refractivity contribution in [1.82, 2.24) is 0 Å². The lowest BCUT2D eigenvalue weighted by atomic mass is 10.1. The minimum Gasteiger partial charge on any atom is -0.380 e. The maximum absolute atomic E-state index is 10.8. The van der Waals surface area contributed by atoms with Crippen LogP contribution >= 0.6 is 0 Å². The van der Waals surface area contributed by atoms with E-state index in [4.69, 9.17) is 10.00 Å². The zero-order valence-electron chi connectivity index (χ0n) is 10.7. The van der Waals surface area contributed by atoms with Gasteiger partial charge >= 0.3 is 0 Å². The third-order valence-electron chi connectivity index (χ3n) is 3.37. The van der Waals surface area contributed by atoms with Crippen molar-refractivity contribution in [3.05, 3.63) is 33.9 Å². The molecule has 1 heterocycles. The molecule has 0 amide bonds. The SMILES string of the molecule is COC1CCCN(c2ccc([N+](=O)[O-])c(C#N)c2)C1. The predicted molar refractivity (Wildman–Crippen MR) is 70.1 cm³/mol. The van der Waals surface area contributed by atoms with Crippen molar-refractivity contribution < 1.29 is 9.66 Å². The molecule has 19 heavy (non-hydrogen) atoms. The Morgan fingerprint density at radius 3 is 3.00 bits per heavy atom. The van der Waals surface area contributed by atoms with Gasteiger partial charge in [-0.05, 0) is 25.0 Å². The Morgan fingerprint density at radius 2 is 2.37 bits per heavy atom. The van der Waals surface area contributed by atoms with Crippen LogP contribution in [0.4, 0.5) is 11.4 Å². The van der Waals surface area contributed by atoms with Crippen LogP contribution in [-0.4, -0.2) is 31.2 Å². The molecule has 0 bridgehead atoms. The number of benzene rings is 1. The van der Waals surface area contributed by atoms with Crippen LogP contribution in [0.25, 0.3) is 0 Å². The van der Waals surface area contributed by atoms with Crippen molar-refractivity contribution in [2.45, 2.75) is 18.9 Å². The summed E-state index contributed by atoms with van der Waals surface area (Å²) >= 11 is 0. The highest BCUT2D eigenvalue weighted by Crippen LogP contribution is 2.27. The predicted octanol–water partition coefficient (Wildman–Crippen LogP) is 2.08. The Bertz CT molecular complexity index is 524. The summed E-state index contributed by atoms with van der Waals surface area (Å²) in [6.45, 7) is 1.63. The molecule has 0 spiro atoms. The number of rotatable bonds is 3. The maximum Gasteiger partial charge on any atom is 0.287 e. The molecule has 0 N–H and O–H groups in total. The normalized spacial score (nSPS) is 18.9. The fraction of sp³-hybridized carbons (Fsp3) is 0.462. The number of nitrogens with zero attached hydrogens (tertiary/aromatic N) is 3. The van der Waals surface area contributed by atoms with Gasteiger partial charge in [-0.3, -0.25) is 10.1 Å². The number of methoxy groups -OCH3 is 1. The largest absolute Gasteiger partial charge is 0.380 e. The van der Waals surface area contributed by atoms with Gasteiger partial charge in [0.1, 0.15) is 11.6 Å². The Kier molecular flexibility index (Phi) is 3.97. The van der Waals surface area contributed by atoms with Crippen molar-refractivity contribution in [3.8, 4) is 6.07 Å². The molecular weight excluding hydrogens is 246 g/mol. The molecule has 0 aromatic heterocycles. The van der Waals surface area contributed by atoms with Gasteiger partial charge in [-0.2, -0.15) is 5.26 Å². The van der Waals surface area contributed by atoms with E-state index in [0.717, 1.165) is 31.6 Å². The zero-order chi connectivity index (χ0) is 13.8. The molecule has 1 aromatic rings.